The second-order valence-electron chi connectivity index (χ2n) is 6.78. The zero-order valence-electron chi connectivity index (χ0n) is 15.2. The van der Waals surface area contributed by atoms with Gasteiger partial charge in [-0.05, 0) is 24.6 Å². The summed E-state index contributed by atoms with van der Waals surface area (Å²) in [5, 5.41) is -0.258. The highest BCUT2D eigenvalue weighted by Gasteiger charge is 2.45. The monoisotopic (exact) mass is 374 g/mol. The third-order valence-corrected chi connectivity index (χ3v) is 6.21. The summed E-state index contributed by atoms with van der Waals surface area (Å²) in [7, 11) is 0. The molecule has 3 atom stereocenters. The van der Waals surface area contributed by atoms with Crippen LogP contribution in [0.2, 0.25) is 0 Å². The van der Waals surface area contributed by atoms with Crippen LogP contribution in [0.3, 0.4) is 0 Å². The van der Waals surface area contributed by atoms with E-state index in [9.17, 15) is 4.79 Å². The van der Waals surface area contributed by atoms with E-state index in [4.69, 9.17) is 5.73 Å². The first-order chi connectivity index (χ1) is 13.1. The lowest BCUT2D eigenvalue weighted by Gasteiger charge is -2.31. The molecule has 4 rings (SSSR count). The van der Waals surface area contributed by atoms with E-state index in [1.807, 2.05) is 48.5 Å². The van der Waals surface area contributed by atoms with Gasteiger partial charge in [0.25, 0.3) is 0 Å². The maximum absolute atomic E-state index is 13.3. The number of hydrogen-bond acceptors (Lipinski definition) is 4. The van der Waals surface area contributed by atoms with Gasteiger partial charge < -0.3 is 10.6 Å². The molecule has 1 saturated heterocycles. The normalized spacial score (nSPS) is 22.0. The Balaban J connectivity index is 1.77. The molecule has 1 unspecified atom stereocenters. The number of carbonyl (C=O) groups excluding carboxylic acids is 1. The van der Waals surface area contributed by atoms with Crippen molar-refractivity contribution in [3.63, 3.8) is 0 Å². The SMILES string of the molecule is Cc1ccc(N2C(N)S[C@@H](C(=O)c3ccccc3)[C@@H]2c2ccccc2)cc1. The zero-order chi connectivity index (χ0) is 18.8. The Labute approximate surface area is 164 Å². The number of carbonyl (C=O) groups is 1. The van der Waals surface area contributed by atoms with E-state index >= 15 is 0 Å². The van der Waals surface area contributed by atoms with Crippen LogP contribution in [-0.4, -0.2) is 16.5 Å². The van der Waals surface area contributed by atoms with Gasteiger partial charge in [0.05, 0.1) is 11.3 Å². The van der Waals surface area contributed by atoms with Gasteiger partial charge in [0.15, 0.2) is 5.78 Å². The van der Waals surface area contributed by atoms with Gasteiger partial charge in [0.2, 0.25) is 0 Å². The Hall–Kier alpha value is -2.56. The van der Waals surface area contributed by atoms with Crippen molar-refractivity contribution < 1.29 is 4.79 Å². The number of anilines is 1. The van der Waals surface area contributed by atoms with Gasteiger partial charge in [-0.15, -0.1) is 11.8 Å². The smallest absolute Gasteiger partial charge is 0.178 e. The number of aryl methyl sites for hydroxylation is 1. The van der Waals surface area contributed by atoms with Gasteiger partial charge in [-0.25, -0.2) is 0 Å². The fraction of sp³-hybridized carbons (Fsp3) is 0.174. The van der Waals surface area contributed by atoms with Crippen LogP contribution < -0.4 is 10.6 Å². The van der Waals surface area contributed by atoms with E-state index < -0.39 is 0 Å². The van der Waals surface area contributed by atoms with Crippen LogP contribution in [0.1, 0.15) is 27.5 Å². The van der Waals surface area contributed by atoms with E-state index in [1.54, 1.807) is 0 Å². The molecule has 4 heteroatoms. The van der Waals surface area contributed by atoms with E-state index in [2.05, 4.69) is 48.2 Å². The van der Waals surface area contributed by atoms with Gasteiger partial charge in [0, 0.05) is 11.3 Å². The van der Waals surface area contributed by atoms with Crippen molar-refractivity contribution in [2.75, 3.05) is 4.90 Å². The molecule has 1 aliphatic heterocycles. The summed E-state index contributed by atoms with van der Waals surface area (Å²) in [6, 6.07) is 27.9. The van der Waals surface area contributed by atoms with Gasteiger partial charge in [0.1, 0.15) is 5.50 Å². The molecule has 0 amide bonds. The van der Waals surface area contributed by atoms with Crippen LogP contribution >= 0.6 is 11.8 Å². The molecule has 0 spiro atoms. The lowest BCUT2D eigenvalue weighted by Crippen LogP contribution is -2.38. The van der Waals surface area contributed by atoms with Crippen LogP contribution in [0, 0.1) is 6.92 Å². The number of nitrogens with zero attached hydrogens (tertiary/aromatic N) is 1. The first-order valence-electron chi connectivity index (χ1n) is 9.05. The Morgan fingerprint density at radius 1 is 0.889 bits per heavy atom. The van der Waals surface area contributed by atoms with E-state index in [0.29, 0.717) is 0 Å². The predicted octanol–water partition coefficient (Wildman–Crippen LogP) is 4.78. The van der Waals surface area contributed by atoms with Crippen molar-refractivity contribution in [3.8, 4) is 0 Å². The van der Waals surface area contributed by atoms with Crippen LogP contribution in [0.15, 0.2) is 84.9 Å². The topological polar surface area (TPSA) is 46.3 Å². The second kappa shape index (κ2) is 7.59. The summed E-state index contributed by atoms with van der Waals surface area (Å²) in [5.41, 5.74) is 10.3. The number of ketones is 1. The molecule has 136 valence electrons. The lowest BCUT2D eigenvalue weighted by molar-refractivity contribution is 0.0983. The van der Waals surface area contributed by atoms with Crippen LogP contribution in [0.4, 0.5) is 5.69 Å². The second-order valence-corrected chi connectivity index (χ2v) is 8.04. The molecule has 27 heavy (non-hydrogen) atoms. The van der Waals surface area contributed by atoms with Crippen molar-refractivity contribution in [1.82, 2.24) is 0 Å². The highest BCUT2D eigenvalue weighted by Crippen LogP contribution is 2.46. The number of thioether (sulfide) groups is 1. The average molecular weight is 375 g/mol. The Morgan fingerprint density at radius 3 is 2.11 bits per heavy atom. The Morgan fingerprint density at radius 2 is 1.48 bits per heavy atom. The molecule has 1 fully saturated rings. The van der Waals surface area contributed by atoms with E-state index in [1.165, 1.54) is 17.3 Å². The molecule has 3 nitrogen and oxygen atoms in total. The molecule has 0 aliphatic carbocycles. The quantitative estimate of drug-likeness (QED) is 0.668. The van der Waals surface area contributed by atoms with E-state index in [0.717, 1.165) is 16.8 Å². The minimum Gasteiger partial charge on any atom is -0.339 e. The Kier molecular flexibility index (Phi) is 5.01. The van der Waals surface area contributed by atoms with Crippen molar-refractivity contribution in [1.29, 1.82) is 0 Å². The lowest BCUT2D eigenvalue weighted by atomic mass is 9.95. The molecule has 0 saturated carbocycles. The molecule has 3 aromatic carbocycles. The Bertz CT molecular complexity index is 912. The van der Waals surface area contributed by atoms with Crippen LogP contribution in [0.5, 0.6) is 0 Å². The minimum atomic E-state index is -0.282. The first-order valence-corrected chi connectivity index (χ1v) is 10.00. The van der Waals surface area contributed by atoms with Crippen molar-refractivity contribution in [2.24, 2.45) is 5.73 Å². The summed E-state index contributed by atoms with van der Waals surface area (Å²) >= 11 is 1.53. The summed E-state index contributed by atoms with van der Waals surface area (Å²) in [6.45, 7) is 2.07. The van der Waals surface area contributed by atoms with Crippen molar-refractivity contribution in [3.05, 3.63) is 102 Å². The maximum atomic E-state index is 13.3. The fourth-order valence-corrected chi connectivity index (χ4v) is 4.96. The third kappa shape index (κ3) is 3.51. The number of rotatable bonds is 4. The fourth-order valence-electron chi connectivity index (χ4n) is 3.58. The van der Waals surface area contributed by atoms with Gasteiger partial charge in [-0.3, -0.25) is 4.79 Å². The molecule has 3 aromatic rings. The average Bonchev–Trinajstić information content (AvgIpc) is 3.06. The summed E-state index contributed by atoms with van der Waals surface area (Å²) in [6.07, 6.45) is 0. The highest BCUT2D eigenvalue weighted by molar-refractivity contribution is 8.01. The number of benzene rings is 3. The summed E-state index contributed by atoms with van der Waals surface area (Å²) in [4.78, 5) is 15.5. The van der Waals surface area contributed by atoms with Crippen molar-refractivity contribution >= 4 is 23.2 Å². The largest absolute Gasteiger partial charge is 0.339 e. The molecular formula is C23H22N2OS. The number of nitrogens with two attached hydrogens (primary N) is 1. The van der Waals surface area contributed by atoms with Crippen LogP contribution in [0.25, 0.3) is 0 Å². The standard InChI is InChI=1S/C23H22N2OS/c1-16-12-14-19(15-13-16)25-20(17-8-4-2-5-9-17)22(27-23(25)24)21(26)18-10-6-3-7-11-18/h2-15,20,22-23H,24H2,1H3/t20-,22+,23?/m0/s1. The summed E-state index contributed by atoms with van der Waals surface area (Å²) < 4.78 is 0. The van der Waals surface area contributed by atoms with Gasteiger partial charge in [-0.1, -0.05) is 78.4 Å². The zero-order valence-corrected chi connectivity index (χ0v) is 16.0. The molecular weight excluding hydrogens is 352 g/mol. The minimum absolute atomic E-state index is 0.110. The molecule has 2 N–H and O–H groups in total. The molecule has 1 heterocycles. The third-order valence-electron chi connectivity index (χ3n) is 4.94. The number of Topliss-reactive ketones (excluding diaryl/α,β-unsaturated/α-hetero) is 1. The molecule has 0 radical (unpaired) electrons. The van der Waals surface area contributed by atoms with E-state index in [-0.39, 0.29) is 22.6 Å². The molecule has 0 bridgehead atoms. The van der Waals surface area contributed by atoms with Crippen molar-refractivity contribution in [2.45, 2.75) is 23.7 Å². The highest BCUT2D eigenvalue weighted by atomic mass is 32.2. The maximum Gasteiger partial charge on any atom is 0.178 e. The van der Waals surface area contributed by atoms with Gasteiger partial charge >= 0.3 is 0 Å². The van der Waals surface area contributed by atoms with Crippen LogP contribution in [-0.2, 0) is 0 Å². The molecule has 1 aliphatic rings. The first kappa shape index (κ1) is 17.8. The van der Waals surface area contributed by atoms with Gasteiger partial charge in [-0.2, -0.15) is 0 Å². The molecule has 0 aromatic heterocycles. The number of hydrogen-bond donors (Lipinski definition) is 1. The predicted molar refractivity (Wildman–Crippen MR) is 113 cm³/mol. The summed E-state index contributed by atoms with van der Waals surface area (Å²) in [5.74, 6) is 0.125.